The van der Waals surface area contributed by atoms with Gasteiger partial charge in [0, 0.05) is 19.2 Å². The third-order valence-electron chi connectivity index (χ3n) is 3.77. The highest BCUT2D eigenvalue weighted by atomic mass is 16.5. The summed E-state index contributed by atoms with van der Waals surface area (Å²) in [4.78, 5) is 12.4. The molecule has 1 aromatic rings. The van der Waals surface area contributed by atoms with Gasteiger partial charge >= 0.3 is 0 Å². The van der Waals surface area contributed by atoms with Crippen molar-refractivity contribution < 1.29 is 9.53 Å². The molecule has 20 heavy (non-hydrogen) atoms. The van der Waals surface area contributed by atoms with E-state index in [1.807, 2.05) is 26.8 Å². The molecule has 1 aromatic heterocycles. The maximum atomic E-state index is 12.4. The Bertz CT molecular complexity index is 470. The molecule has 3 N–H and O–H groups in total. The van der Waals surface area contributed by atoms with Crippen molar-refractivity contribution in [2.45, 2.75) is 58.3 Å². The fourth-order valence-electron chi connectivity index (χ4n) is 2.52. The first-order valence-electron chi connectivity index (χ1n) is 7.35. The van der Waals surface area contributed by atoms with Gasteiger partial charge in [0.1, 0.15) is 5.69 Å². The highest BCUT2D eigenvalue weighted by molar-refractivity contribution is 5.93. The lowest BCUT2D eigenvalue weighted by Gasteiger charge is -2.42. The van der Waals surface area contributed by atoms with E-state index in [2.05, 4.69) is 10.4 Å². The quantitative estimate of drug-likeness (QED) is 0.803. The Morgan fingerprint density at radius 1 is 1.55 bits per heavy atom. The molecule has 1 aliphatic rings. The van der Waals surface area contributed by atoms with Gasteiger partial charge in [0.15, 0.2) is 0 Å². The smallest absolute Gasteiger partial charge is 0.269 e. The number of nitrogens with zero attached hydrogens (tertiary/aromatic N) is 2. The van der Waals surface area contributed by atoms with Gasteiger partial charge in [-0.3, -0.25) is 9.48 Å². The fraction of sp³-hybridized carbons (Fsp3) is 0.714. The van der Waals surface area contributed by atoms with Gasteiger partial charge in [0.05, 0.1) is 17.8 Å². The molecule has 0 spiro atoms. The molecule has 6 heteroatoms. The average molecular weight is 280 g/mol. The number of amides is 1. The number of nitrogens with one attached hydrogen (secondary N) is 1. The zero-order valence-electron chi connectivity index (χ0n) is 12.4. The molecular formula is C14H24N4O2. The minimum atomic E-state index is -0.121. The summed E-state index contributed by atoms with van der Waals surface area (Å²) in [5, 5.41) is 7.37. The summed E-state index contributed by atoms with van der Waals surface area (Å²) in [6, 6.07) is 1.71. The molecule has 1 aliphatic carbocycles. The van der Waals surface area contributed by atoms with Crippen LogP contribution in [0.5, 0.6) is 0 Å². The summed E-state index contributed by atoms with van der Waals surface area (Å²) in [6.07, 6.45) is 1.65. The van der Waals surface area contributed by atoms with Gasteiger partial charge in [-0.15, -0.1) is 0 Å². The van der Waals surface area contributed by atoms with E-state index in [4.69, 9.17) is 10.5 Å². The van der Waals surface area contributed by atoms with E-state index in [0.717, 1.165) is 18.5 Å². The molecule has 1 saturated carbocycles. The van der Waals surface area contributed by atoms with E-state index in [0.29, 0.717) is 18.8 Å². The first-order chi connectivity index (χ1) is 9.60. The third kappa shape index (κ3) is 2.86. The zero-order valence-corrected chi connectivity index (χ0v) is 12.4. The number of carbonyl (C=O) groups is 1. The van der Waals surface area contributed by atoms with Gasteiger partial charge in [-0.05, 0) is 32.8 Å². The monoisotopic (exact) mass is 280 g/mol. The van der Waals surface area contributed by atoms with E-state index >= 15 is 0 Å². The molecule has 0 radical (unpaired) electrons. The lowest BCUT2D eigenvalue weighted by atomic mass is 9.83. The lowest BCUT2D eigenvalue weighted by molar-refractivity contribution is -0.0301. The van der Waals surface area contributed by atoms with E-state index in [1.165, 1.54) is 0 Å². The predicted molar refractivity (Wildman–Crippen MR) is 76.5 cm³/mol. The fourth-order valence-corrected chi connectivity index (χ4v) is 2.52. The number of carbonyl (C=O) groups excluding carboxylic acids is 1. The molecule has 3 atom stereocenters. The van der Waals surface area contributed by atoms with Crippen molar-refractivity contribution >= 4 is 5.91 Å². The Kier molecular flexibility index (Phi) is 4.77. The van der Waals surface area contributed by atoms with Crippen molar-refractivity contribution in [3.63, 3.8) is 0 Å². The van der Waals surface area contributed by atoms with Gasteiger partial charge in [0.2, 0.25) is 0 Å². The van der Waals surface area contributed by atoms with Crippen molar-refractivity contribution in [2.75, 3.05) is 6.61 Å². The predicted octanol–water partition coefficient (Wildman–Crippen LogP) is 0.700. The molecule has 2 rings (SSSR count). The van der Waals surface area contributed by atoms with Crippen LogP contribution >= 0.6 is 0 Å². The van der Waals surface area contributed by atoms with Crippen LogP contribution in [0.1, 0.15) is 43.4 Å². The van der Waals surface area contributed by atoms with Gasteiger partial charge in [-0.1, -0.05) is 6.92 Å². The maximum absolute atomic E-state index is 12.4. The number of ether oxygens (including phenoxy) is 1. The zero-order chi connectivity index (χ0) is 14.7. The molecule has 0 saturated heterocycles. The van der Waals surface area contributed by atoms with Crippen LogP contribution in [0.2, 0.25) is 0 Å². The van der Waals surface area contributed by atoms with Crippen LogP contribution in [0.15, 0.2) is 6.07 Å². The standard InChI is InChI=1S/C14H24N4O2/c1-4-9-7-11(18(5-2)17-9)14(19)16-13-10(15)8-12(13)20-6-3/h7,10,12-13H,4-6,8,15H2,1-3H3,(H,16,19). The van der Waals surface area contributed by atoms with Crippen molar-refractivity contribution in [1.82, 2.24) is 15.1 Å². The Morgan fingerprint density at radius 2 is 2.30 bits per heavy atom. The van der Waals surface area contributed by atoms with Gasteiger partial charge in [0.25, 0.3) is 5.91 Å². The second-order valence-corrected chi connectivity index (χ2v) is 5.08. The highest BCUT2D eigenvalue weighted by Gasteiger charge is 2.40. The molecular weight excluding hydrogens is 256 g/mol. The molecule has 112 valence electrons. The van der Waals surface area contributed by atoms with Crippen molar-refractivity contribution in [3.8, 4) is 0 Å². The Balaban J connectivity index is 2.06. The summed E-state index contributed by atoms with van der Waals surface area (Å²) in [5.41, 5.74) is 7.48. The number of hydrogen-bond acceptors (Lipinski definition) is 4. The largest absolute Gasteiger partial charge is 0.376 e. The SMILES string of the molecule is CCOC1CC(N)C1NC(=O)c1cc(CC)nn1CC. The molecule has 1 amide bonds. The number of aromatic nitrogens is 2. The van der Waals surface area contributed by atoms with Crippen LogP contribution in [0.3, 0.4) is 0 Å². The van der Waals surface area contributed by atoms with Crippen LogP contribution < -0.4 is 11.1 Å². The molecule has 3 unspecified atom stereocenters. The van der Waals surface area contributed by atoms with E-state index in [-0.39, 0.29) is 24.1 Å². The number of aryl methyl sites for hydroxylation is 2. The van der Waals surface area contributed by atoms with Crippen molar-refractivity contribution in [1.29, 1.82) is 0 Å². The number of hydrogen-bond donors (Lipinski definition) is 2. The second-order valence-electron chi connectivity index (χ2n) is 5.08. The normalized spacial score (nSPS) is 25.3. The number of nitrogens with two attached hydrogens (primary N) is 1. The molecule has 0 aromatic carbocycles. The first-order valence-corrected chi connectivity index (χ1v) is 7.35. The average Bonchev–Trinajstić information content (AvgIpc) is 2.87. The number of rotatable bonds is 6. The lowest BCUT2D eigenvalue weighted by Crippen LogP contribution is -2.64. The topological polar surface area (TPSA) is 82.2 Å². The van der Waals surface area contributed by atoms with Crippen molar-refractivity contribution in [3.05, 3.63) is 17.5 Å². The molecule has 1 fully saturated rings. The second kappa shape index (κ2) is 6.37. The molecule has 0 aliphatic heterocycles. The van der Waals surface area contributed by atoms with Crippen LogP contribution in [0, 0.1) is 0 Å². The van der Waals surface area contributed by atoms with Crippen LogP contribution in [-0.2, 0) is 17.7 Å². The Labute approximate surface area is 119 Å². The van der Waals surface area contributed by atoms with E-state index in [1.54, 1.807) is 4.68 Å². The molecule has 0 bridgehead atoms. The van der Waals surface area contributed by atoms with Crippen LogP contribution in [0.4, 0.5) is 0 Å². The van der Waals surface area contributed by atoms with Crippen LogP contribution in [-0.4, -0.2) is 40.5 Å². The maximum Gasteiger partial charge on any atom is 0.269 e. The Morgan fingerprint density at radius 3 is 2.85 bits per heavy atom. The summed E-state index contributed by atoms with van der Waals surface area (Å²) < 4.78 is 7.29. The first kappa shape index (κ1) is 15.0. The molecule has 1 heterocycles. The van der Waals surface area contributed by atoms with Gasteiger partial charge in [-0.25, -0.2) is 0 Å². The molecule has 6 nitrogen and oxygen atoms in total. The Hall–Kier alpha value is -1.40. The van der Waals surface area contributed by atoms with Gasteiger partial charge < -0.3 is 15.8 Å². The minimum Gasteiger partial charge on any atom is -0.376 e. The summed E-state index contributed by atoms with van der Waals surface area (Å²) in [5.74, 6) is -0.121. The van der Waals surface area contributed by atoms with Crippen LogP contribution in [0.25, 0.3) is 0 Å². The minimum absolute atomic E-state index is 0.0286. The summed E-state index contributed by atoms with van der Waals surface area (Å²) in [7, 11) is 0. The highest BCUT2D eigenvalue weighted by Crippen LogP contribution is 2.23. The van der Waals surface area contributed by atoms with E-state index < -0.39 is 0 Å². The van der Waals surface area contributed by atoms with E-state index in [9.17, 15) is 4.79 Å². The third-order valence-corrected chi connectivity index (χ3v) is 3.77. The summed E-state index contributed by atoms with van der Waals surface area (Å²) >= 11 is 0. The summed E-state index contributed by atoms with van der Waals surface area (Å²) in [6.45, 7) is 7.26. The van der Waals surface area contributed by atoms with Gasteiger partial charge in [-0.2, -0.15) is 5.10 Å². The van der Waals surface area contributed by atoms with Crippen molar-refractivity contribution in [2.24, 2.45) is 5.73 Å².